The highest BCUT2D eigenvalue weighted by Gasteiger charge is 2.69. The van der Waals surface area contributed by atoms with Gasteiger partial charge >= 0.3 is 0 Å². The first kappa shape index (κ1) is 23.4. The summed E-state index contributed by atoms with van der Waals surface area (Å²) in [6.07, 6.45) is -0.568. The lowest BCUT2D eigenvalue weighted by Gasteiger charge is -2.67. The Labute approximate surface area is 176 Å². The fraction of sp³-hybridized carbons (Fsp3) is 1.00. The van der Waals surface area contributed by atoms with E-state index in [1.54, 1.807) is 0 Å². The Morgan fingerprint density at radius 1 is 1.14 bits per heavy atom. The molecule has 2 heterocycles. The van der Waals surface area contributed by atoms with Crippen LogP contribution in [-0.2, 0) is 9.47 Å². The van der Waals surface area contributed by atoms with E-state index in [0.29, 0.717) is 36.9 Å². The fourth-order valence-corrected chi connectivity index (χ4v) is 7.24. The van der Waals surface area contributed by atoms with Gasteiger partial charge in [-0.1, -0.05) is 55.4 Å². The third kappa shape index (κ3) is 3.89. The Morgan fingerprint density at radius 3 is 2.31 bits per heavy atom. The minimum Gasteiger partial charge on any atom is -0.380 e. The predicted molar refractivity (Wildman–Crippen MR) is 113 cm³/mol. The van der Waals surface area contributed by atoms with Crippen LogP contribution < -0.4 is 0 Å². The molecule has 3 fully saturated rings. The molecule has 7 atom stereocenters. The highest BCUT2D eigenvalue weighted by Crippen LogP contribution is 2.64. The highest BCUT2D eigenvalue weighted by molar-refractivity contribution is 5.19. The summed E-state index contributed by atoms with van der Waals surface area (Å²) in [5.74, 6) is 2.00. The van der Waals surface area contributed by atoms with Crippen LogP contribution in [0.1, 0.15) is 68.2 Å². The van der Waals surface area contributed by atoms with Crippen LogP contribution in [0.5, 0.6) is 0 Å². The Hall–Kier alpha value is -0.260. The average Bonchev–Trinajstić information content (AvgIpc) is 2.84. The zero-order valence-corrected chi connectivity index (χ0v) is 19.8. The van der Waals surface area contributed by atoms with E-state index in [4.69, 9.17) is 9.47 Å². The molecule has 1 aliphatic carbocycles. The summed E-state index contributed by atoms with van der Waals surface area (Å²) < 4.78 is 40.8. The Balaban J connectivity index is 2.18. The summed E-state index contributed by atoms with van der Waals surface area (Å²) in [7, 11) is 0. The van der Waals surface area contributed by atoms with Gasteiger partial charge in [-0.2, -0.15) is 0 Å². The molecular formula is C24H43F2NO2. The van der Waals surface area contributed by atoms with Crippen LogP contribution in [0.15, 0.2) is 0 Å². The van der Waals surface area contributed by atoms with E-state index < -0.39 is 6.43 Å². The molecule has 2 aliphatic heterocycles. The van der Waals surface area contributed by atoms with Gasteiger partial charge in [-0.25, -0.2) is 8.78 Å². The van der Waals surface area contributed by atoms with Gasteiger partial charge in [0.25, 0.3) is 6.43 Å². The van der Waals surface area contributed by atoms with Gasteiger partial charge in [-0.15, -0.1) is 0 Å². The number of alkyl halides is 2. The fourth-order valence-electron chi connectivity index (χ4n) is 7.24. The van der Waals surface area contributed by atoms with Gasteiger partial charge in [-0.3, -0.25) is 4.90 Å². The lowest BCUT2D eigenvalue weighted by Crippen LogP contribution is -2.73. The van der Waals surface area contributed by atoms with Crippen molar-refractivity contribution >= 4 is 0 Å². The van der Waals surface area contributed by atoms with Crippen molar-refractivity contribution in [3.8, 4) is 0 Å². The molecule has 0 aromatic carbocycles. The van der Waals surface area contributed by atoms with Crippen LogP contribution in [0.4, 0.5) is 8.78 Å². The van der Waals surface area contributed by atoms with Crippen molar-refractivity contribution in [1.82, 2.24) is 4.90 Å². The van der Waals surface area contributed by atoms with Crippen molar-refractivity contribution in [2.75, 3.05) is 19.8 Å². The van der Waals surface area contributed by atoms with E-state index in [9.17, 15) is 8.78 Å². The van der Waals surface area contributed by atoms with Crippen molar-refractivity contribution in [3.05, 3.63) is 0 Å². The van der Waals surface area contributed by atoms with Gasteiger partial charge in [0.15, 0.2) is 0 Å². The van der Waals surface area contributed by atoms with Gasteiger partial charge < -0.3 is 9.47 Å². The molecular weight excluding hydrogens is 372 g/mol. The van der Waals surface area contributed by atoms with E-state index in [1.165, 1.54) is 0 Å². The standard InChI is InChI=1S/C24H43F2NO2/c1-14(2)20-16(5)24(15(3)4)21(20)22(23(6,7)8)27(12-19(25)26)17-13-28-11-9-10-18(17)29-24/h14-22H,9-13H2,1-8H3/t16-,17?,18?,20?,21-,22?,24?/m0/s1. The summed E-state index contributed by atoms with van der Waals surface area (Å²) >= 11 is 0. The lowest BCUT2D eigenvalue weighted by atomic mass is 9.44. The maximum absolute atomic E-state index is 13.9. The molecule has 3 nitrogen and oxygen atoms in total. The van der Waals surface area contributed by atoms with Crippen LogP contribution in [0.3, 0.4) is 0 Å². The third-order valence-electron chi connectivity index (χ3n) is 8.11. The number of halogens is 2. The minimum absolute atomic E-state index is 0.0379. The molecule has 170 valence electrons. The number of hydrogen-bond acceptors (Lipinski definition) is 3. The molecule has 2 saturated heterocycles. The second kappa shape index (κ2) is 8.35. The van der Waals surface area contributed by atoms with Crippen molar-refractivity contribution in [3.63, 3.8) is 0 Å². The number of ether oxygens (including phenoxy) is 2. The molecule has 0 spiro atoms. The van der Waals surface area contributed by atoms with E-state index >= 15 is 0 Å². The molecule has 5 unspecified atom stereocenters. The van der Waals surface area contributed by atoms with Crippen molar-refractivity contribution in [1.29, 1.82) is 0 Å². The molecule has 0 aromatic rings. The monoisotopic (exact) mass is 415 g/mol. The quantitative estimate of drug-likeness (QED) is 0.607. The van der Waals surface area contributed by atoms with E-state index in [-0.39, 0.29) is 41.7 Å². The molecule has 0 aromatic heterocycles. The van der Waals surface area contributed by atoms with Gasteiger partial charge in [-0.05, 0) is 41.9 Å². The van der Waals surface area contributed by atoms with Crippen molar-refractivity contribution < 1.29 is 18.3 Å². The molecule has 29 heavy (non-hydrogen) atoms. The first-order chi connectivity index (χ1) is 13.4. The Bertz CT molecular complexity index is 562. The Kier molecular flexibility index (Phi) is 6.74. The third-order valence-corrected chi connectivity index (χ3v) is 8.11. The lowest BCUT2D eigenvalue weighted by molar-refractivity contribution is -0.281. The predicted octanol–water partition coefficient (Wildman–Crippen LogP) is 5.48. The van der Waals surface area contributed by atoms with Gasteiger partial charge in [0.1, 0.15) is 0 Å². The Morgan fingerprint density at radius 2 is 1.79 bits per heavy atom. The van der Waals surface area contributed by atoms with E-state index in [0.717, 1.165) is 12.8 Å². The maximum atomic E-state index is 13.9. The van der Waals surface area contributed by atoms with Gasteiger partial charge in [0, 0.05) is 18.6 Å². The molecule has 5 heteroatoms. The largest absolute Gasteiger partial charge is 0.380 e. The topological polar surface area (TPSA) is 21.7 Å². The smallest absolute Gasteiger partial charge is 0.251 e. The van der Waals surface area contributed by atoms with Crippen LogP contribution >= 0.6 is 0 Å². The second-order valence-corrected chi connectivity index (χ2v) is 11.5. The normalized spacial score (nSPS) is 41.7. The van der Waals surface area contributed by atoms with Gasteiger partial charge in [0.2, 0.25) is 0 Å². The van der Waals surface area contributed by atoms with Crippen molar-refractivity contribution in [2.24, 2.45) is 35.0 Å². The zero-order valence-electron chi connectivity index (χ0n) is 19.8. The van der Waals surface area contributed by atoms with Crippen LogP contribution in [0.2, 0.25) is 0 Å². The highest BCUT2D eigenvalue weighted by atomic mass is 19.3. The first-order valence-electron chi connectivity index (χ1n) is 11.7. The first-order valence-corrected chi connectivity index (χ1v) is 11.7. The van der Waals surface area contributed by atoms with Crippen molar-refractivity contribution in [2.45, 2.75) is 98.4 Å². The van der Waals surface area contributed by atoms with Crippen LogP contribution in [0, 0.1) is 35.0 Å². The summed E-state index contributed by atoms with van der Waals surface area (Å²) in [5.41, 5.74) is -0.380. The number of rotatable bonds is 4. The average molecular weight is 416 g/mol. The number of fused-ring (bicyclic) bond motifs is 2. The summed E-state index contributed by atoms with van der Waals surface area (Å²) in [6, 6.07) is -0.0591. The molecule has 1 saturated carbocycles. The molecule has 3 aliphatic rings. The molecule has 3 rings (SSSR count). The molecule has 0 radical (unpaired) electrons. The zero-order chi connectivity index (χ0) is 21.7. The summed E-state index contributed by atoms with van der Waals surface area (Å²) in [5, 5.41) is 0. The van der Waals surface area contributed by atoms with E-state index in [2.05, 4.69) is 60.3 Å². The molecule has 0 amide bonds. The maximum Gasteiger partial charge on any atom is 0.251 e. The summed E-state index contributed by atoms with van der Waals surface area (Å²) in [4.78, 5) is 2.12. The number of hydrogen-bond donors (Lipinski definition) is 0. The number of nitrogens with zero attached hydrogens (tertiary/aromatic N) is 1. The van der Waals surface area contributed by atoms with Crippen LogP contribution in [-0.4, -0.2) is 54.9 Å². The summed E-state index contributed by atoms with van der Waals surface area (Å²) in [6.45, 7) is 19.1. The van der Waals surface area contributed by atoms with Gasteiger partial charge in [0.05, 0.1) is 30.9 Å². The SMILES string of the molecule is CC(C)C1[C@H]2C(C(C)(C)C)N(CC(F)F)C3COCCCC3OC2(C(C)C)[C@H]1C. The molecule has 0 bridgehead atoms. The second-order valence-electron chi connectivity index (χ2n) is 11.5. The van der Waals surface area contributed by atoms with E-state index in [1.807, 2.05) is 0 Å². The molecule has 0 N–H and O–H groups in total. The minimum atomic E-state index is -2.36. The van der Waals surface area contributed by atoms with Crippen LogP contribution in [0.25, 0.3) is 0 Å².